The summed E-state index contributed by atoms with van der Waals surface area (Å²) in [4.78, 5) is 15.8. The van der Waals surface area contributed by atoms with Gasteiger partial charge in [-0.15, -0.1) is 0 Å². The maximum atomic E-state index is 13.6. The van der Waals surface area contributed by atoms with Crippen LogP contribution in [0.25, 0.3) is 0 Å². The molecule has 82 valence electrons. The zero-order valence-corrected chi connectivity index (χ0v) is 10.0. The molecular formula is C11H8BrFN2O. The third-order valence-electron chi connectivity index (χ3n) is 2.13. The molecule has 0 aliphatic rings. The van der Waals surface area contributed by atoms with Crippen molar-refractivity contribution in [1.82, 2.24) is 9.55 Å². The van der Waals surface area contributed by atoms with Gasteiger partial charge in [0.1, 0.15) is 11.5 Å². The lowest BCUT2D eigenvalue weighted by Crippen LogP contribution is -2.05. The maximum Gasteiger partial charge on any atom is 0.215 e. The zero-order chi connectivity index (χ0) is 11.7. The monoisotopic (exact) mass is 282 g/mol. The second-order valence-corrected chi connectivity index (χ2v) is 4.21. The van der Waals surface area contributed by atoms with Gasteiger partial charge in [-0.05, 0) is 28.1 Å². The highest BCUT2D eigenvalue weighted by Gasteiger charge is 2.17. The van der Waals surface area contributed by atoms with E-state index in [1.807, 2.05) is 0 Å². The van der Waals surface area contributed by atoms with Crippen LogP contribution in [0.5, 0.6) is 0 Å². The molecule has 0 N–H and O–H groups in total. The summed E-state index contributed by atoms with van der Waals surface area (Å²) in [5, 5.41) is 0. The van der Waals surface area contributed by atoms with Gasteiger partial charge in [0.25, 0.3) is 0 Å². The molecule has 0 atom stereocenters. The Balaban J connectivity index is 2.45. The number of carbonyl (C=O) groups excluding carboxylic acids is 1. The summed E-state index contributed by atoms with van der Waals surface area (Å²) in [7, 11) is 1.75. The van der Waals surface area contributed by atoms with Gasteiger partial charge in [0.05, 0.1) is 16.4 Å². The van der Waals surface area contributed by atoms with Gasteiger partial charge in [-0.1, -0.05) is 6.07 Å². The molecule has 2 aromatic rings. The van der Waals surface area contributed by atoms with E-state index in [2.05, 4.69) is 20.9 Å². The van der Waals surface area contributed by atoms with E-state index in [9.17, 15) is 9.18 Å². The maximum absolute atomic E-state index is 13.6. The molecule has 0 spiro atoms. The number of aromatic nitrogens is 2. The number of hydrogen-bond donors (Lipinski definition) is 0. The van der Waals surface area contributed by atoms with Crippen molar-refractivity contribution < 1.29 is 9.18 Å². The first-order valence-electron chi connectivity index (χ1n) is 4.56. The Labute approximate surface area is 100 Å². The minimum absolute atomic E-state index is 0.0214. The van der Waals surface area contributed by atoms with Crippen molar-refractivity contribution in [2.75, 3.05) is 0 Å². The van der Waals surface area contributed by atoms with Crippen molar-refractivity contribution in [2.24, 2.45) is 7.05 Å². The summed E-state index contributed by atoms with van der Waals surface area (Å²) in [6, 6.07) is 4.60. The lowest BCUT2D eigenvalue weighted by molar-refractivity contribution is 0.103. The third kappa shape index (κ3) is 1.90. The van der Waals surface area contributed by atoms with Crippen LogP contribution in [0.3, 0.4) is 0 Å². The molecule has 1 heterocycles. The molecule has 2 rings (SSSR count). The van der Waals surface area contributed by atoms with Gasteiger partial charge < -0.3 is 4.57 Å². The van der Waals surface area contributed by atoms with Crippen molar-refractivity contribution in [3.63, 3.8) is 0 Å². The first kappa shape index (κ1) is 11.0. The van der Waals surface area contributed by atoms with Gasteiger partial charge in [-0.3, -0.25) is 4.79 Å². The highest BCUT2D eigenvalue weighted by Crippen LogP contribution is 2.20. The number of carbonyl (C=O) groups is 1. The van der Waals surface area contributed by atoms with E-state index in [1.165, 1.54) is 12.4 Å². The first-order chi connectivity index (χ1) is 7.59. The van der Waals surface area contributed by atoms with Crippen LogP contribution in [0.4, 0.5) is 4.39 Å². The normalized spacial score (nSPS) is 10.4. The van der Waals surface area contributed by atoms with E-state index >= 15 is 0 Å². The minimum atomic E-state index is -0.557. The van der Waals surface area contributed by atoms with Gasteiger partial charge in [-0.25, -0.2) is 9.37 Å². The van der Waals surface area contributed by atoms with Crippen LogP contribution in [0, 0.1) is 5.82 Å². The Kier molecular flexibility index (Phi) is 2.87. The summed E-state index contributed by atoms with van der Waals surface area (Å²) in [5.74, 6) is -0.974. The van der Waals surface area contributed by atoms with E-state index in [0.717, 1.165) is 0 Å². The number of benzene rings is 1. The van der Waals surface area contributed by atoms with E-state index in [-0.39, 0.29) is 15.7 Å². The van der Waals surface area contributed by atoms with E-state index in [0.29, 0.717) is 0 Å². The van der Waals surface area contributed by atoms with Crippen molar-refractivity contribution in [2.45, 2.75) is 0 Å². The Morgan fingerprint density at radius 3 is 2.88 bits per heavy atom. The molecule has 0 aliphatic carbocycles. The number of aryl methyl sites for hydroxylation is 1. The molecule has 16 heavy (non-hydrogen) atoms. The molecule has 1 aromatic carbocycles. The Bertz CT molecular complexity index is 551. The fraction of sp³-hybridized carbons (Fsp3) is 0.0909. The fourth-order valence-electron chi connectivity index (χ4n) is 1.35. The quantitative estimate of drug-likeness (QED) is 0.794. The SMILES string of the molecule is Cn1cnc(C(=O)c2cccc(Br)c2F)c1. The smallest absolute Gasteiger partial charge is 0.215 e. The summed E-state index contributed by atoms with van der Waals surface area (Å²) >= 11 is 3.04. The molecule has 0 bridgehead atoms. The summed E-state index contributed by atoms with van der Waals surface area (Å²) in [6.45, 7) is 0. The van der Waals surface area contributed by atoms with Gasteiger partial charge in [0, 0.05) is 13.2 Å². The van der Waals surface area contributed by atoms with Crippen LogP contribution < -0.4 is 0 Å². The molecule has 5 heteroatoms. The van der Waals surface area contributed by atoms with Gasteiger partial charge in [-0.2, -0.15) is 0 Å². The largest absolute Gasteiger partial charge is 0.340 e. The van der Waals surface area contributed by atoms with Crippen LogP contribution in [0.1, 0.15) is 16.1 Å². The molecular weight excluding hydrogens is 275 g/mol. The number of nitrogens with zero attached hydrogens (tertiary/aromatic N) is 2. The lowest BCUT2D eigenvalue weighted by Gasteiger charge is -2.01. The molecule has 0 unspecified atom stereocenters. The number of ketones is 1. The average Bonchev–Trinajstić information content (AvgIpc) is 2.68. The molecule has 0 saturated heterocycles. The van der Waals surface area contributed by atoms with E-state index in [4.69, 9.17) is 0 Å². The van der Waals surface area contributed by atoms with E-state index in [1.54, 1.807) is 29.9 Å². The predicted molar refractivity (Wildman–Crippen MR) is 60.7 cm³/mol. The second kappa shape index (κ2) is 4.17. The van der Waals surface area contributed by atoms with Crippen LogP contribution >= 0.6 is 15.9 Å². The molecule has 0 saturated carbocycles. The molecule has 3 nitrogen and oxygen atoms in total. The van der Waals surface area contributed by atoms with Gasteiger partial charge in [0.15, 0.2) is 0 Å². The van der Waals surface area contributed by atoms with Crippen molar-refractivity contribution in [3.05, 3.63) is 52.3 Å². The predicted octanol–water partition coefficient (Wildman–Crippen LogP) is 2.55. The van der Waals surface area contributed by atoms with Crippen LogP contribution in [0.2, 0.25) is 0 Å². The number of hydrogen-bond acceptors (Lipinski definition) is 2. The minimum Gasteiger partial charge on any atom is -0.340 e. The highest BCUT2D eigenvalue weighted by molar-refractivity contribution is 9.10. The Morgan fingerprint density at radius 1 is 1.50 bits per heavy atom. The van der Waals surface area contributed by atoms with Crippen LogP contribution in [0.15, 0.2) is 35.2 Å². The standard InChI is InChI=1S/C11H8BrFN2O/c1-15-5-9(14-6-15)11(16)7-3-2-4-8(12)10(7)13/h2-6H,1H3. The van der Waals surface area contributed by atoms with Crippen molar-refractivity contribution >= 4 is 21.7 Å². The third-order valence-corrected chi connectivity index (χ3v) is 2.75. The molecule has 1 aromatic heterocycles. The topological polar surface area (TPSA) is 34.9 Å². The van der Waals surface area contributed by atoms with Crippen molar-refractivity contribution in [1.29, 1.82) is 0 Å². The van der Waals surface area contributed by atoms with Crippen molar-refractivity contribution in [3.8, 4) is 0 Å². The first-order valence-corrected chi connectivity index (χ1v) is 5.35. The number of rotatable bonds is 2. The Hall–Kier alpha value is -1.49. The summed E-state index contributed by atoms with van der Waals surface area (Å²) in [6.07, 6.45) is 3.06. The molecule has 0 amide bonds. The molecule has 0 fully saturated rings. The highest BCUT2D eigenvalue weighted by atomic mass is 79.9. The van der Waals surface area contributed by atoms with Crippen LogP contribution in [-0.2, 0) is 7.05 Å². The number of imidazole rings is 1. The summed E-state index contributed by atoms with van der Waals surface area (Å²) in [5.41, 5.74) is 0.257. The average molecular weight is 283 g/mol. The molecule has 0 aliphatic heterocycles. The van der Waals surface area contributed by atoms with Gasteiger partial charge in [0.2, 0.25) is 5.78 Å². The zero-order valence-electron chi connectivity index (χ0n) is 8.45. The van der Waals surface area contributed by atoms with E-state index < -0.39 is 11.6 Å². The summed E-state index contributed by atoms with van der Waals surface area (Å²) < 4.78 is 15.6. The Morgan fingerprint density at radius 2 is 2.25 bits per heavy atom. The van der Waals surface area contributed by atoms with Crippen LogP contribution in [-0.4, -0.2) is 15.3 Å². The second-order valence-electron chi connectivity index (χ2n) is 3.35. The number of halogens is 2. The lowest BCUT2D eigenvalue weighted by atomic mass is 10.1. The van der Waals surface area contributed by atoms with Gasteiger partial charge >= 0.3 is 0 Å². The fourth-order valence-corrected chi connectivity index (χ4v) is 1.71. The molecule has 0 radical (unpaired) electrons.